The molecule has 18 heavy (non-hydrogen) atoms. The minimum Gasteiger partial charge on any atom is -0.323 e. The molecule has 0 aliphatic carbocycles. The number of aryl methyl sites for hydroxylation is 3. The molecule has 1 atom stereocenters. The first kappa shape index (κ1) is 13.6. The van der Waals surface area contributed by atoms with Crippen molar-refractivity contribution in [3.05, 3.63) is 46.0 Å². The molecule has 0 amide bonds. The zero-order chi connectivity index (χ0) is 13.1. The van der Waals surface area contributed by atoms with Gasteiger partial charge in [-0.05, 0) is 26.3 Å². The lowest BCUT2D eigenvalue weighted by Crippen LogP contribution is -2.13. The second kappa shape index (κ2) is 5.87. The molecular weight excluding hydrogens is 260 g/mol. The highest BCUT2D eigenvalue weighted by atomic mass is 32.2. The summed E-state index contributed by atoms with van der Waals surface area (Å²) in [5.74, 6) is 0.871. The first-order valence-corrected chi connectivity index (χ1v) is 7.80. The molecule has 2 N–H and O–H groups in total. The first-order valence-electron chi connectivity index (χ1n) is 5.93. The van der Waals surface area contributed by atoms with E-state index in [2.05, 4.69) is 42.4 Å². The molecule has 1 heterocycles. The third kappa shape index (κ3) is 3.57. The normalized spacial score (nSPS) is 12.7. The van der Waals surface area contributed by atoms with Crippen LogP contribution in [-0.4, -0.2) is 10.7 Å². The summed E-state index contributed by atoms with van der Waals surface area (Å²) in [6.07, 6.45) is 0. The first-order chi connectivity index (χ1) is 8.54. The summed E-state index contributed by atoms with van der Waals surface area (Å²) in [4.78, 5) is 4.44. The number of hydrogen-bond acceptors (Lipinski definition) is 4. The maximum Gasteiger partial charge on any atom is 0.150 e. The van der Waals surface area contributed by atoms with Crippen LogP contribution in [0, 0.1) is 20.8 Å². The smallest absolute Gasteiger partial charge is 0.150 e. The number of aromatic nitrogens is 1. The minimum absolute atomic E-state index is 0.0674. The molecule has 1 aromatic carbocycles. The highest BCUT2D eigenvalue weighted by Gasteiger charge is 2.09. The van der Waals surface area contributed by atoms with Crippen LogP contribution in [-0.2, 0) is 0 Å². The zero-order valence-corrected chi connectivity index (χ0v) is 12.6. The van der Waals surface area contributed by atoms with E-state index >= 15 is 0 Å². The molecule has 2 rings (SSSR count). The Bertz CT molecular complexity index is 514. The topological polar surface area (TPSA) is 38.9 Å². The van der Waals surface area contributed by atoms with Gasteiger partial charge in [0.1, 0.15) is 4.34 Å². The van der Waals surface area contributed by atoms with E-state index in [0.717, 1.165) is 15.8 Å². The van der Waals surface area contributed by atoms with Gasteiger partial charge < -0.3 is 5.73 Å². The fraction of sp³-hybridized carbons (Fsp3) is 0.357. The number of thiazole rings is 1. The molecule has 2 aromatic rings. The maximum absolute atomic E-state index is 6.24. The van der Waals surface area contributed by atoms with Crippen molar-refractivity contribution >= 4 is 23.1 Å². The number of hydrogen-bond donors (Lipinski definition) is 1. The van der Waals surface area contributed by atoms with Crippen LogP contribution in [0.3, 0.4) is 0 Å². The summed E-state index contributed by atoms with van der Waals surface area (Å²) >= 11 is 3.43. The Morgan fingerprint density at radius 3 is 2.44 bits per heavy atom. The van der Waals surface area contributed by atoms with Crippen molar-refractivity contribution in [3.8, 4) is 0 Å². The molecule has 0 fully saturated rings. The largest absolute Gasteiger partial charge is 0.323 e. The molecule has 0 aliphatic rings. The van der Waals surface area contributed by atoms with Crippen LogP contribution in [0.5, 0.6) is 0 Å². The Hall–Kier alpha value is -0.840. The van der Waals surface area contributed by atoms with E-state index in [9.17, 15) is 0 Å². The van der Waals surface area contributed by atoms with E-state index in [1.54, 1.807) is 23.1 Å². The predicted molar refractivity (Wildman–Crippen MR) is 80.4 cm³/mol. The monoisotopic (exact) mass is 278 g/mol. The van der Waals surface area contributed by atoms with Gasteiger partial charge >= 0.3 is 0 Å². The molecule has 1 unspecified atom stereocenters. The number of rotatable bonds is 4. The fourth-order valence-electron chi connectivity index (χ4n) is 1.88. The molecular formula is C14H18N2S2. The van der Waals surface area contributed by atoms with Crippen molar-refractivity contribution in [1.29, 1.82) is 0 Å². The van der Waals surface area contributed by atoms with E-state index in [-0.39, 0.29) is 6.04 Å². The van der Waals surface area contributed by atoms with Gasteiger partial charge in [0, 0.05) is 22.9 Å². The molecule has 0 aliphatic heterocycles. The van der Waals surface area contributed by atoms with Gasteiger partial charge in [0.05, 0.1) is 0 Å². The van der Waals surface area contributed by atoms with Crippen LogP contribution in [0.2, 0.25) is 0 Å². The maximum atomic E-state index is 6.24. The summed E-state index contributed by atoms with van der Waals surface area (Å²) in [5, 5.41) is 2.07. The molecule has 0 radical (unpaired) electrons. The van der Waals surface area contributed by atoms with E-state index in [4.69, 9.17) is 5.73 Å². The van der Waals surface area contributed by atoms with Gasteiger partial charge in [-0.25, -0.2) is 4.98 Å². The van der Waals surface area contributed by atoms with Gasteiger partial charge in [0.2, 0.25) is 0 Å². The van der Waals surface area contributed by atoms with Crippen molar-refractivity contribution in [3.63, 3.8) is 0 Å². The second-order valence-corrected chi connectivity index (χ2v) is 6.72. The highest BCUT2D eigenvalue weighted by Crippen LogP contribution is 2.26. The average Bonchev–Trinajstić information content (AvgIpc) is 2.70. The summed E-state index contributed by atoms with van der Waals surface area (Å²) in [5.41, 5.74) is 11.1. The van der Waals surface area contributed by atoms with Crippen LogP contribution in [0.1, 0.15) is 28.4 Å². The molecule has 0 spiro atoms. The number of nitrogens with two attached hydrogens (primary N) is 1. The van der Waals surface area contributed by atoms with Crippen molar-refractivity contribution < 1.29 is 0 Å². The van der Waals surface area contributed by atoms with Crippen LogP contribution in [0.25, 0.3) is 0 Å². The molecule has 0 saturated carbocycles. The minimum atomic E-state index is 0.0674. The van der Waals surface area contributed by atoms with E-state index in [0.29, 0.717) is 0 Å². The van der Waals surface area contributed by atoms with Crippen molar-refractivity contribution in [2.24, 2.45) is 5.73 Å². The quantitative estimate of drug-likeness (QED) is 0.863. The van der Waals surface area contributed by atoms with Crippen LogP contribution in [0.4, 0.5) is 0 Å². The van der Waals surface area contributed by atoms with E-state index in [1.165, 1.54) is 16.7 Å². The predicted octanol–water partition coefficient (Wildman–Crippen LogP) is 3.86. The van der Waals surface area contributed by atoms with Crippen molar-refractivity contribution in [2.75, 3.05) is 5.75 Å². The van der Waals surface area contributed by atoms with Crippen LogP contribution in [0.15, 0.2) is 27.9 Å². The zero-order valence-electron chi connectivity index (χ0n) is 10.9. The Labute approximate surface area is 117 Å². The Morgan fingerprint density at radius 1 is 1.22 bits per heavy atom. The third-order valence-electron chi connectivity index (χ3n) is 2.66. The molecule has 0 saturated heterocycles. The van der Waals surface area contributed by atoms with Crippen molar-refractivity contribution in [1.82, 2.24) is 4.98 Å². The Balaban J connectivity index is 2.01. The lowest BCUT2D eigenvalue weighted by atomic mass is 10.0. The van der Waals surface area contributed by atoms with Gasteiger partial charge in [-0.15, -0.1) is 11.3 Å². The van der Waals surface area contributed by atoms with Gasteiger partial charge in [0.15, 0.2) is 0 Å². The molecule has 2 nitrogen and oxygen atoms in total. The third-order valence-corrected chi connectivity index (χ3v) is 4.91. The molecule has 1 aromatic heterocycles. The van der Waals surface area contributed by atoms with E-state index < -0.39 is 0 Å². The van der Waals surface area contributed by atoms with Crippen LogP contribution < -0.4 is 5.73 Å². The Kier molecular flexibility index (Phi) is 4.43. The molecule has 96 valence electrons. The number of thioether (sulfide) groups is 1. The number of benzene rings is 1. The SMILES string of the molecule is Cc1cc(C)cc(C(N)CSc2nc(C)cs2)c1. The van der Waals surface area contributed by atoms with Gasteiger partial charge in [-0.1, -0.05) is 41.1 Å². The van der Waals surface area contributed by atoms with Gasteiger partial charge in [0.25, 0.3) is 0 Å². The van der Waals surface area contributed by atoms with Gasteiger partial charge in [-0.2, -0.15) is 0 Å². The summed E-state index contributed by atoms with van der Waals surface area (Å²) in [6, 6.07) is 6.59. The molecule has 0 bridgehead atoms. The lowest BCUT2D eigenvalue weighted by molar-refractivity contribution is 0.828. The van der Waals surface area contributed by atoms with Crippen molar-refractivity contribution in [2.45, 2.75) is 31.2 Å². The summed E-state index contributed by atoms with van der Waals surface area (Å²) in [6.45, 7) is 6.24. The number of nitrogens with zero attached hydrogens (tertiary/aromatic N) is 1. The Morgan fingerprint density at radius 2 is 1.89 bits per heavy atom. The summed E-state index contributed by atoms with van der Waals surface area (Å²) in [7, 11) is 0. The standard InChI is InChI=1S/C14H18N2S2/c1-9-4-10(2)6-12(5-9)13(15)8-18-14-16-11(3)7-17-14/h4-7,13H,8,15H2,1-3H3. The van der Waals surface area contributed by atoms with E-state index in [1.807, 2.05) is 6.92 Å². The fourth-order valence-corrected chi connectivity index (χ4v) is 3.74. The lowest BCUT2D eigenvalue weighted by Gasteiger charge is -2.12. The molecule has 4 heteroatoms. The average molecular weight is 278 g/mol. The summed E-state index contributed by atoms with van der Waals surface area (Å²) < 4.78 is 1.10. The second-order valence-electron chi connectivity index (χ2n) is 4.59. The van der Waals surface area contributed by atoms with Crippen LogP contribution >= 0.6 is 23.1 Å². The highest BCUT2D eigenvalue weighted by molar-refractivity contribution is 8.01. The van der Waals surface area contributed by atoms with Gasteiger partial charge in [-0.3, -0.25) is 0 Å².